The van der Waals surface area contributed by atoms with E-state index in [-0.39, 0.29) is 11.6 Å². The number of methoxy groups -OCH3 is 1. The molecule has 2 aromatic carbocycles. The van der Waals surface area contributed by atoms with Gasteiger partial charge < -0.3 is 14.4 Å². The lowest BCUT2D eigenvalue weighted by molar-refractivity contribution is -0.141. The van der Waals surface area contributed by atoms with Crippen molar-refractivity contribution in [2.24, 2.45) is 5.92 Å². The summed E-state index contributed by atoms with van der Waals surface area (Å²) in [6.45, 7) is 3.00. The first kappa shape index (κ1) is 21.8. The predicted octanol–water partition coefficient (Wildman–Crippen LogP) is 4.27. The lowest BCUT2D eigenvalue weighted by Crippen LogP contribution is -2.44. The number of hydrogen-bond acceptors (Lipinski definition) is 5. The molecule has 32 heavy (non-hydrogen) atoms. The van der Waals surface area contributed by atoms with Crippen LogP contribution in [0.5, 0.6) is 5.75 Å². The van der Waals surface area contributed by atoms with Crippen LogP contribution in [0.2, 0.25) is 0 Å². The lowest BCUT2D eigenvalue weighted by atomic mass is 9.90. The molecule has 1 aliphatic heterocycles. The molecular weight excluding hydrogens is 404 g/mol. The Morgan fingerprint density at radius 1 is 1.06 bits per heavy atom. The number of benzene rings is 2. The van der Waals surface area contributed by atoms with Gasteiger partial charge in [-0.25, -0.2) is 9.78 Å². The number of aromatic nitrogens is 1. The Hall–Kier alpha value is -3.41. The summed E-state index contributed by atoms with van der Waals surface area (Å²) in [6, 6.07) is 19.3. The third-order valence-corrected chi connectivity index (χ3v) is 6.03. The SMILES string of the molecule is COc1ccc2nc(C(=O)OC(C)C(=O)N3CCC(Cc4ccccc4)CC3)ccc2c1. The van der Waals surface area contributed by atoms with Crippen LogP contribution in [-0.4, -0.2) is 48.1 Å². The van der Waals surface area contributed by atoms with Gasteiger partial charge in [0.2, 0.25) is 0 Å². The average molecular weight is 433 g/mol. The standard InChI is InChI=1S/C26H28N2O4/c1-18(25(29)28-14-12-20(13-15-28)16-19-6-4-3-5-7-19)32-26(30)24-10-8-21-17-22(31-2)9-11-23(21)27-24/h3-11,17-18,20H,12-16H2,1-2H3. The lowest BCUT2D eigenvalue weighted by Gasteiger charge is -2.33. The maximum absolute atomic E-state index is 12.8. The maximum Gasteiger partial charge on any atom is 0.357 e. The molecule has 0 aliphatic carbocycles. The van der Waals surface area contributed by atoms with Crippen molar-refractivity contribution in [3.63, 3.8) is 0 Å². The van der Waals surface area contributed by atoms with E-state index in [1.54, 1.807) is 43.2 Å². The number of pyridine rings is 1. The second-order valence-corrected chi connectivity index (χ2v) is 8.26. The van der Waals surface area contributed by atoms with Crippen molar-refractivity contribution < 1.29 is 19.1 Å². The van der Waals surface area contributed by atoms with Gasteiger partial charge in [0, 0.05) is 18.5 Å². The van der Waals surface area contributed by atoms with Crippen LogP contribution >= 0.6 is 0 Å². The van der Waals surface area contributed by atoms with E-state index in [1.165, 1.54) is 5.56 Å². The van der Waals surface area contributed by atoms with Gasteiger partial charge in [0.15, 0.2) is 6.10 Å². The monoisotopic (exact) mass is 432 g/mol. The second-order valence-electron chi connectivity index (χ2n) is 8.26. The molecule has 0 saturated carbocycles. The fraction of sp³-hybridized carbons (Fsp3) is 0.346. The van der Waals surface area contributed by atoms with Gasteiger partial charge >= 0.3 is 5.97 Å². The van der Waals surface area contributed by atoms with Gasteiger partial charge in [-0.2, -0.15) is 0 Å². The molecule has 0 radical (unpaired) electrons. The predicted molar refractivity (Wildman–Crippen MR) is 123 cm³/mol. The molecule has 1 aromatic heterocycles. The molecule has 166 valence electrons. The van der Waals surface area contributed by atoms with E-state index in [4.69, 9.17) is 9.47 Å². The number of ether oxygens (including phenoxy) is 2. The average Bonchev–Trinajstić information content (AvgIpc) is 2.84. The number of carbonyl (C=O) groups is 2. The van der Waals surface area contributed by atoms with E-state index in [9.17, 15) is 9.59 Å². The number of nitrogens with zero attached hydrogens (tertiary/aromatic N) is 2. The number of hydrogen-bond donors (Lipinski definition) is 0. The Morgan fingerprint density at radius 2 is 1.81 bits per heavy atom. The largest absolute Gasteiger partial charge is 0.497 e. The van der Waals surface area contributed by atoms with Gasteiger partial charge in [-0.15, -0.1) is 0 Å². The highest BCUT2D eigenvalue weighted by Crippen LogP contribution is 2.23. The molecule has 0 N–H and O–H groups in total. The molecule has 1 unspecified atom stereocenters. The fourth-order valence-corrected chi connectivity index (χ4v) is 4.18. The molecule has 1 fully saturated rings. The molecule has 1 atom stereocenters. The Labute approximate surface area is 188 Å². The number of carbonyl (C=O) groups excluding carboxylic acids is 2. The number of rotatable bonds is 6. The van der Waals surface area contributed by atoms with Crippen LogP contribution in [0.4, 0.5) is 0 Å². The molecule has 1 amide bonds. The molecule has 6 nitrogen and oxygen atoms in total. The number of esters is 1. The van der Waals surface area contributed by atoms with E-state index in [2.05, 4.69) is 29.2 Å². The highest BCUT2D eigenvalue weighted by atomic mass is 16.5. The molecule has 2 heterocycles. The van der Waals surface area contributed by atoms with Gasteiger partial charge in [0.1, 0.15) is 11.4 Å². The summed E-state index contributed by atoms with van der Waals surface area (Å²) < 4.78 is 10.7. The van der Waals surface area contributed by atoms with E-state index in [0.717, 1.165) is 30.4 Å². The molecular formula is C26H28N2O4. The van der Waals surface area contributed by atoms with Crippen LogP contribution in [0, 0.1) is 5.92 Å². The van der Waals surface area contributed by atoms with Crippen LogP contribution in [0.1, 0.15) is 35.8 Å². The first-order chi connectivity index (χ1) is 15.5. The Bertz CT molecular complexity index is 1090. The summed E-state index contributed by atoms with van der Waals surface area (Å²) in [5.41, 5.74) is 2.18. The number of fused-ring (bicyclic) bond motifs is 1. The first-order valence-electron chi connectivity index (χ1n) is 11.0. The van der Waals surface area contributed by atoms with Gasteiger partial charge in [-0.1, -0.05) is 36.4 Å². The minimum Gasteiger partial charge on any atom is -0.497 e. The topological polar surface area (TPSA) is 68.7 Å². The summed E-state index contributed by atoms with van der Waals surface area (Å²) >= 11 is 0. The van der Waals surface area contributed by atoms with E-state index in [1.807, 2.05) is 12.1 Å². The number of amides is 1. The van der Waals surface area contributed by atoms with E-state index >= 15 is 0 Å². The molecule has 0 bridgehead atoms. The van der Waals surface area contributed by atoms with Crippen molar-refractivity contribution in [3.05, 3.63) is 71.9 Å². The fourth-order valence-electron chi connectivity index (χ4n) is 4.18. The Morgan fingerprint density at radius 3 is 2.53 bits per heavy atom. The van der Waals surface area contributed by atoms with E-state index in [0.29, 0.717) is 24.5 Å². The smallest absolute Gasteiger partial charge is 0.357 e. The van der Waals surface area contributed by atoms with Crippen LogP contribution in [0.15, 0.2) is 60.7 Å². The zero-order valence-corrected chi connectivity index (χ0v) is 18.5. The first-order valence-corrected chi connectivity index (χ1v) is 11.0. The van der Waals surface area contributed by atoms with Gasteiger partial charge in [0.05, 0.1) is 12.6 Å². The minimum atomic E-state index is -0.846. The molecule has 3 aromatic rings. The van der Waals surface area contributed by atoms with Gasteiger partial charge in [-0.3, -0.25) is 4.79 Å². The van der Waals surface area contributed by atoms with Crippen LogP contribution < -0.4 is 4.74 Å². The number of piperidine rings is 1. The summed E-state index contributed by atoms with van der Waals surface area (Å²) in [4.78, 5) is 31.6. The third kappa shape index (κ3) is 5.07. The molecule has 1 saturated heterocycles. The summed E-state index contributed by atoms with van der Waals surface area (Å²) in [6.07, 6.45) is 2.10. The van der Waals surface area contributed by atoms with Crippen LogP contribution in [0.3, 0.4) is 0 Å². The quantitative estimate of drug-likeness (QED) is 0.544. The normalized spacial score (nSPS) is 15.4. The third-order valence-electron chi connectivity index (χ3n) is 6.03. The summed E-state index contributed by atoms with van der Waals surface area (Å²) in [5, 5.41) is 0.864. The highest BCUT2D eigenvalue weighted by molar-refractivity contribution is 5.93. The van der Waals surface area contributed by atoms with Crippen molar-refractivity contribution in [3.8, 4) is 5.75 Å². The van der Waals surface area contributed by atoms with Crippen LogP contribution in [-0.2, 0) is 16.0 Å². The van der Waals surface area contributed by atoms with Crippen LogP contribution in [0.25, 0.3) is 10.9 Å². The van der Waals surface area contributed by atoms with Crippen molar-refractivity contribution in [1.29, 1.82) is 0 Å². The molecule has 4 rings (SSSR count). The minimum absolute atomic E-state index is 0.151. The van der Waals surface area contributed by atoms with Gasteiger partial charge in [-0.05, 0) is 61.9 Å². The maximum atomic E-state index is 12.8. The zero-order valence-electron chi connectivity index (χ0n) is 18.5. The molecule has 6 heteroatoms. The molecule has 0 spiro atoms. The Kier molecular flexibility index (Phi) is 6.69. The number of likely N-dealkylation sites (tertiary alicyclic amines) is 1. The zero-order chi connectivity index (χ0) is 22.5. The second kappa shape index (κ2) is 9.81. The Balaban J connectivity index is 1.31. The van der Waals surface area contributed by atoms with Crippen molar-refractivity contribution in [2.45, 2.75) is 32.3 Å². The summed E-state index contributed by atoms with van der Waals surface area (Å²) in [7, 11) is 1.60. The van der Waals surface area contributed by atoms with Crippen molar-refractivity contribution >= 4 is 22.8 Å². The van der Waals surface area contributed by atoms with E-state index < -0.39 is 12.1 Å². The van der Waals surface area contributed by atoms with Crippen molar-refractivity contribution in [1.82, 2.24) is 9.88 Å². The highest BCUT2D eigenvalue weighted by Gasteiger charge is 2.28. The van der Waals surface area contributed by atoms with Crippen molar-refractivity contribution in [2.75, 3.05) is 20.2 Å². The summed E-state index contributed by atoms with van der Waals surface area (Å²) in [5.74, 6) is 0.547. The van der Waals surface area contributed by atoms with Gasteiger partial charge in [0.25, 0.3) is 5.91 Å². The molecule has 1 aliphatic rings.